The second-order valence-electron chi connectivity index (χ2n) is 4.68. The Bertz CT molecular complexity index is 514. The fourth-order valence-corrected chi connectivity index (χ4v) is 2.27. The van der Waals surface area contributed by atoms with Crippen molar-refractivity contribution < 1.29 is 4.79 Å². The molecule has 1 aliphatic heterocycles. The normalized spacial score (nSPS) is 15.9. The molecule has 0 radical (unpaired) electrons. The van der Waals surface area contributed by atoms with Crippen LogP contribution in [0.1, 0.15) is 25.5 Å². The molecule has 2 heterocycles. The summed E-state index contributed by atoms with van der Waals surface area (Å²) in [6, 6.07) is 5.76. The van der Waals surface area contributed by atoms with Gasteiger partial charge in [0.2, 0.25) is 5.91 Å². The van der Waals surface area contributed by atoms with Crippen molar-refractivity contribution in [1.29, 1.82) is 5.26 Å². The summed E-state index contributed by atoms with van der Waals surface area (Å²) < 4.78 is 0. The van der Waals surface area contributed by atoms with Gasteiger partial charge in [-0.1, -0.05) is 0 Å². The lowest BCUT2D eigenvalue weighted by Gasteiger charge is -2.33. The van der Waals surface area contributed by atoms with E-state index in [-0.39, 0.29) is 17.6 Å². The number of anilines is 2. The molecule has 0 bridgehead atoms. The summed E-state index contributed by atoms with van der Waals surface area (Å²) in [5, 5.41) is 11.9. The number of pyridine rings is 1. The third-order valence-electron chi connectivity index (χ3n) is 3.24. The number of hydrogen-bond acceptors (Lipinski definition) is 5. The Morgan fingerprint density at radius 2 is 2.21 bits per heavy atom. The van der Waals surface area contributed by atoms with Gasteiger partial charge in [0.15, 0.2) is 5.69 Å². The highest BCUT2D eigenvalue weighted by Crippen LogP contribution is 2.20. The molecule has 3 N–H and O–H groups in total. The van der Waals surface area contributed by atoms with Crippen molar-refractivity contribution in [3.63, 3.8) is 0 Å². The highest BCUT2D eigenvalue weighted by molar-refractivity contribution is 5.73. The van der Waals surface area contributed by atoms with Gasteiger partial charge < -0.3 is 16.0 Å². The van der Waals surface area contributed by atoms with Crippen LogP contribution in [0.3, 0.4) is 0 Å². The van der Waals surface area contributed by atoms with Crippen LogP contribution in [0, 0.1) is 11.3 Å². The lowest BCUT2D eigenvalue weighted by Crippen LogP contribution is -2.44. The third kappa shape index (κ3) is 3.13. The second kappa shape index (κ2) is 5.57. The molecule has 1 aromatic rings. The van der Waals surface area contributed by atoms with Gasteiger partial charge in [0.05, 0.1) is 5.69 Å². The van der Waals surface area contributed by atoms with Crippen molar-refractivity contribution in [3.8, 4) is 6.07 Å². The van der Waals surface area contributed by atoms with Crippen LogP contribution >= 0.6 is 0 Å². The van der Waals surface area contributed by atoms with Gasteiger partial charge in [0, 0.05) is 26.1 Å². The zero-order valence-electron chi connectivity index (χ0n) is 10.9. The van der Waals surface area contributed by atoms with Crippen LogP contribution in [0.5, 0.6) is 0 Å². The number of aromatic nitrogens is 1. The van der Waals surface area contributed by atoms with Crippen LogP contribution in [0.2, 0.25) is 0 Å². The van der Waals surface area contributed by atoms with Gasteiger partial charge in [-0.2, -0.15) is 5.26 Å². The largest absolute Gasteiger partial charge is 0.396 e. The van der Waals surface area contributed by atoms with E-state index in [1.54, 1.807) is 6.07 Å². The first-order valence-electron chi connectivity index (χ1n) is 6.29. The zero-order valence-corrected chi connectivity index (χ0v) is 10.9. The SMILES string of the molecule is CC(=O)NC1CCN(c2ccc(N)c(C#N)n2)CC1. The van der Waals surface area contributed by atoms with Gasteiger partial charge in [-0.3, -0.25) is 4.79 Å². The van der Waals surface area contributed by atoms with Gasteiger partial charge in [0.1, 0.15) is 11.9 Å². The minimum atomic E-state index is 0.0100. The molecule has 0 aliphatic carbocycles. The van der Waals surface area contributed by atoms with E-state index >= 15 is 0 Å². The third-order valence-corrected chi connectivity index (χ3v) is 3.24. The van der Waals surface area contributed by atoms with Crippen molar-refractivity contribution >= 4 is 17.4 Å². The average molecular weight is 259 g/mol. The molecule has 1 aliphatic rings. The number of nitrogen functional groups attached to an aromatic ring is 1. The molecule has 19 heavy (non-hydrogen) atoms. The quantitative estimate of drug-likeness (QED) is 0.812. The molecule has 1 fully saturated rings. The molecule has 0 atom stereocenters. The van der Waals surface area contributed by atoms with E-state index < -0.39 is 0 Å². The number of nitrogens with two attached hydrogens (primary N) is 1. The Labute approximate surface area is 112 Å². The number of nitriles is 1. The Hall–Kier alpha value is -2.29. The highest BCUT2D eigenvalue weighted by atomic mass is 16.1. The minimum absolute atomic E-state index is 0.0100. The van der Waals surface area contributed by atoms with Crippen LogP contribution in [-0.2, 0) is 4.79 Å². The summed E-state index contributed by atoms with van der Waals surface area (Å²) >= 11 is 0. The van der Waals surface area contributed by atoms with Gasteiger partial charge in [0.25, 0.3) is 0 Å². The number of nitrogens with one attached hydrogen (secondary N) is 1. The smallest absolute Gasteiger partial charge is 0.217 e. The number of rotatable bonds is 2. The molecular weight excluding hydrogens is 242 g/mol. The molecule has 1 saturated heterocycles. The van der Waals surface area contributed by atoms with Gasteiger partial charge >= 0.3 is 0 Å². The van der Waals surface area contributed by atoms with Crippen molar-refractivity contribution in [2.24, 2.45) is 0 Å². The molecule has 100 valence electrons. The lowest BCUT2D eigenvalue weighted by atomic mass is 10.0. The average Bonchev–Trinajstić information content (AvgIpc) is 2.40. The summed E-state index contributed by atoms with van der Waals surface area (Å²) in [4.78, 5) is 17.4. The Morgan fingerprint density at radius 1 is 1.53 bits per heavy atom. The van der Waals surface area contributed by atoms with Crippen LogP contribution in [0.25, 0.3) is 0 Å². The number of nitrogens with zero attached hydrogens (tertiary/aromatic N) is 3. The first-order valence-corrected chi connectivity index (χ1v) is 6.29. The van der Waals surface area contributed by atoms with E-state index in [4.69, 9.17) is 11.0 Å². The summed E-state index contributed by atoms with van der Waals surface area (Å²) in [5.74, 6) is 0.780. The van der Waals surface area contributed by atoms with Crippen molar-refractivity contribution in [3.05, 3.63) is 17.8 Å². The van der Waals surface area contributed by atoms with Gasteiger partial charge in [-0.05, 0) is 25.0 Å². The van der Waals surface area contributed by atoms with E-state index in [0.29, 0.717) is 5.69 Å². The number of piperidine rings is 1. The first-order chi connectivity index (χ1) is 9.10. The lowest BCUT2D eigenvalue weighted by molar-refractivity contribution is -0.119. The molecule has 1 amide bonds. The summed E-state index contributed by atoms with van der Waals surface area (Å²) in [6.07, 6.45) is 1.76. The van der Waals surface area contributed by atoms with Crippen LogP contribution in [-0.4, -0.2) is 30.0 Å². The topological polar surface area (TPSA) is 95.0 Å². The van der Waals surface area contributed by atoms with Gasteiger partial charge in [-0.25, -0.2) is 4.98 Å². The van der Waals surface area contributed by atoms with Crippen molar-refractivity contribution in [1.82, 2.24) is 10.3 Å². The van der Waals surface area contributed by atoms with E-state index in [1.807, 2.05) is 12.1 Å². The summed E-state index contributed by atoms with van der Waals surface area (Å²) in [7, 11) is 0. The Morgan fingerprint density at radius 3 is 2.79 bits per heavy atom. The minimum Gasteiger partial charge on any atom is -0.396 e. The van der Waals surface area contributed by atoms with Crippen LogP contribution in [0.15, 0.2) is 12.1 Å². The zero-order chi connectivity index (χ0) is 13.8. The highest BCUT2D eigenvalue weighted by Gasteiger charge is 2.21. The van der Waals surface area contributed by atoms with Crippen molar-refractivity contribution in [2.75, 3.05) is 23.7 Å². The maximum atomic E-state index is 11.0. The Kier molecular flexibility index (Phi) is 3.85. The van der Waals surface area contributed by atoms with Crippen LogP contribution < -0.4 is 16.0 Å². The fraction of sp³-hybridized carbons (Fsp3) is 0.462. The maximum absolute atomic E-state index is 11.0. The van der Waals surface area contributed by atoms with Crippen molar-refractivity contribution in [2.45, 2.75) is 25.8 Å². The van der Waals surface area contributed by atoms with Crippen LogP contribution in [0.4, 0.5) is 11.5 Å². The molecule has 0 spiro atoms. The van der Waals surface area contributed by atoms with E-state index in [1.165, 1.54) is 6.92 Å². The predicted octanol–water partition coefficient (Wildman–Crippen LogP) is 0.640. The maximum Gasteiger partial charge on any atom is 0.217 e. The van der Waals surface area contributed by atoms with Gasteiger partial charge in [-0.15, -0.1) is 0 Å². The van der Waals surface area contributed by atoms with E-state index in [9.17, 15) is 4.79 Å². The van der Waals surface area contributed by atoms with E-state index in [2.05, 4.69) is 15.2 Å². The number of amides is 1. The first kappa shape index (κ1) is 13.1. The molecule has 1 aromatic heterocycles. The molecule has 2 rings (SSSR count). The summed E-state index contributed by atoms with van der Waals surface area (Å²) in [5.41, 5.74) is 6.32. The predicted molar refractivity (Wildman–Crippen MR) is 72.4 cm³/mol. The monoisotopic (exact) mass is 259 g/mol. The number of carbonyl (C=O) groups is 1. The summed E-state index contributed by atoms with van der Waals surface area (Å²) in [6.45, 7) is 3.16. The van der Waals surface area contributed by atoms with E-state index in [0.717, 1.165) is 31.7 Å². The molecule has 0 saturated carbocycles. The molecule has 0 unspecified atom stereocenters. The molecule has 0 aromatic carbocycles. The molecule has 6 nitrogen and oxygen atoms in total. The number of hydrogen-bond donors (Lipinski definition) is 2. The molecule has 6 heteroatoms. The fourth-order valence-electron chi connectivity index (χ4n) is 2.27. The number of carbonyl (C=O) groups excluding carboxylic acids is 1. The standard InChI is InChI=1S/C13H17N5O/c1-9(19)16-10-4-6-18(7-5-10)13-3-2-11(15)12(8-14)17-13/h2-3,10H,4-7,15H2,1H3,(H,16,19). The molecular formula is C13H17N5O. The second-order valence-corrected chi connectivity index (χ2v) is 4.68. The Balaban J connectivity index is 2.02.